The Morgan fingerprint density at radius 2 is 1.73 bits per heavy atom. The number of hydrogen-bond donors (Lipinski definition) is 0. The summed E-state index contributed by atoms with van der Waals surface area (Å²) in [6, 6.07) is 21.1. The van der Waals surface area contributed by atoms with E-state index in [4.69, 9.17) is 25.8 Å². The van der Waals surface area contributed by atoms with Crippen molar-refractivity contribution in [2.75, 3.05) is 38.3 Å². The van der Waals surface area contributed by atoms with Crippen LogP contribution in [-0.4, -0.2) is 39.6 Å². The normalized spacial score (nSPS) is 14.1. The van der Waals surface area contributed by atoms with Crippen LogP contribution in [0.1, 0.15) is 5.56 Å². The molecule has 5 nitrogen and oxygen atoms in total. The number of para-hydroxylation sites is 1. The molecule has 3 aromatic rings. The molecular weight excluding hydrogens is 400 g/mol. The number of rotatable bonds is 6. The second-order valence-electron chi connectivity index (χ2n) is 6.81. The molecular formula is C24H23ClN2O3. The molecule has 30 heavy (non-hydrogen) atoms. The molecule has 0 radical (unpaired) electrons. The second-order valence-corrected chi connectivity index (χ2v) is 7.22. The summed E-state index contributed by atoms with van der Waals surface area (Å²) in [5.74, 6) is 2.12. The fourth-order valence-electron chi connectivity index (χ4n) is 3.22. The van der Waals surface area contributed by atoms with Crippen molar-refractivity contribution in [2.45, 2.75) is 0 Å². The highest BCUT2D eigenvalue weighted by molar-refractivity contribution is 6.32. The Kier molecular flexibility index (Phi) is 6.52. The van der Waals surface area contributed by atoms with Crippen molar-refractivity contribution in [3.63, 3.8) is 0 Å². The Balaban J connectivity index is 1.46. The van der Waals surface area contributed by atoms with Crippen LogP contribution in [0.2, 0.25) is 5.02 Å². The quantitative estimate of drug-likeness (QED) is 0.476. The summed E-state index contributed by atoms with van der Waals surface area (Å²) >= 11 is 6.14. The number of anilines is 1. The summed E-state index contributed by atoms with van der Waals surface area (Å²) in [5, 5.41) is 0.576. The van der Waals surface area contributed by atoms with Crippen LogP contribution >= 0.6 is 11.6 Å². The molecule has 0 atom stereocenters. The van der Waals surface area contributed by atoms with Crippen LogP contribution in [0.5, 0.6) is 17.2 Å². The molecule has 1 fully saturated rings. The van der Waals surface area contributed by atoms with Gasteiger partial charge in [-0.1, -0.05) is 23.7 Å². The molecule has 0 spiro atoms. The molecule has 1 saturated heterocycles. The van der Waals surface area contributed by atoms with Gasteiger partial charge in [0.15, 0.2) is 0 Å². The minimum absolute atomic E-state index is 0.576. The third kappa shape index (κ3) is 4.93. The average Bonchev–Trinajstić information content (AvgIpc) is 2.80. The topological polar surface area (TPSA) is 43.3 Å². The first-order valence-electron chi connectivity index (χ1n) is 9.80. The highest BCUT2D eigenvalue weighted by Gasteiger charge is 2.13. The molecule has 3 aromatic carbocycles. The van der Waals surface area contributed by atoms with Crippen LogP contribution in [0.25, 0.3) is 0 Å². The van der Waals surface area contributed by atoms with Gasteiger partial charge >= 0.3 is 0 Å². The third-order valence-corrected chi connectivity index (χ3v) is 5.16. The number of halogens is 1. The van der Waals surface area contributed by atoms with E-state index in [0.717, 1.165) is 49.0 Å². The number of morpholine rings is 1. The molecule has 0 N–H and O–H groups in total. The highest BCUT2D eigenvalue weighted by atomic mass is 35.5. The minimum Gasteiger partial charge on any atom is -0.496 e. The molecule has 1 heterocycles. The van der Waals surface area contributed by atoms with Crippen LogP contribution in [0.4, 0.5) is 11.4 Å². The molecule has 0 aromatic heterocycles. The average molecular weight is 423 g/mol. The standard InChI is InChI=1S/C24H23ClN2O3/c1-28-24-16-20(27-12-14-29-15-13-27)9-6-18(24)17-26-19-7-10-21(11-8-19)30-23-5-3-2-4-22(23)25/h2-11,16-17H,12-15H2,1H3. The Labute approximate surface area is 181 Å². The predicted octanol–water partition coefficient (Wildman–Crippen LogP) is 5.73. The highest BCUT2D eigenvalue weighted by Crippen LogP contribution is 2.30. The molecule has 1 aliphatic heterocycles. The lowest BCUT2D eigenvalue weighted by Crippen LogP contribution is -2.36. The van der Waals surface area contributed by atoms with E-state index in [1.54, 1.807) is 13.2 Å². The van der Waals surface area contributed by atoms with Gasteiger partial charge in [-0.3, -0.25) is 4.99 Å². The number of hydrogen-bond acceptors (Lipinski definition) is 5. The van der Waals surface area contributed by atoms with E-state index in [-0.39, 0.29) is 0 Å². The zero-order chi connectivity index (χ0) is 20.8. The molecule has 0 unspecified atom stereocenters. The van der Waals surface area contributed by atoms with Crippen molar-refractivity contribution in [3.05, 3.63) is 77.3 Å². The first-order chi connectivity index (χ1) is 14.7. The van der Waals surface area contributed by atoms with E-state index in [1.807, 2.05) is 60.8 Å². The molecule has 0 aliphatic carbocycles. The Morgan fingerprint density at radius 1 is 0.967 bits per heavy atom. The summed E-state index contributed by atoms with van der Waals surface area (Å²) in [5.41, 5.74) is 2.88. The van der Waals surface area contributed by atoms with Crippen LogP contribution in [0.3, 0.4) is 0 Å². The molecule has 0 amide bonds. The molecule has 1 aliphatic rings. The maximum atomic E-state index is 6.14. The largest absolute Gasteiger partial charge is 0.496 e. The summed E-state index contributed by atoms with van der Waals surface area (Å²) in [6.07, 6.45) is 1.81. The lowest BCUT2D eigenvalue weighted by molar-refractivity contribution is 0.122. The first kappa shape index (κ1) is 20.3. The van der Waals surface area contributed by atoms with E-state index in [1.165, 1.54) is 0 Å². The van der Waals surface area contributed by atoms with Gasteiger partial charge in [0.25, 0.3) is 0 Å². The Morgan fingerprint density at radius 3 is 2.47 bits per heavy atom. The Bertz CT molecular complexity index is 1020. The number of methoxy groups -OCH3 is 1. The number of nitrogens with zero attached hydrogens (tertiary/aromatic N) is 2. The summed E-state index contributed by atoms with van der Waals surface area (Å²) in [6.45, 7) is 3.28. The van der Waals surface area contributed by atoms with Crippen molar-refractivity contribution in [3.8, 4) is 17.2 Å². The first-order valence-corrected chi connectivity index (χ1v) is 10.2. The van der Waals surface area contributed by atoms with Gasteiger partial charge in [-0.15, -0.1) is 0 Å². The van der Waals surface area contributed by atoms with E-state index in [2.05, 4.69) is 16.0 Å². The monoisotopic (exact) mass is 422 g/mol. The minimum atomic E-state index is 0.576. The fourth-order valence-corrected chi connectivity index (χ4v) is 3.40. The van der Waals surface area contributed by atoms with Gasteiger partial charge < -0.3 is 19.1 Å². The van der Waals surface area contributed by atoms with Gasteiger partial charge in [0, 0.05) is 36.6 Å². The Hall–Kier alpha value is -3.02. The lowest BCUT2D eigenvalue weighted by atomic mass is 10.1. The predicted molar refractivity (Wildman–Crippen MR) is 121 cm³/mol. The fraction of sp³-hybridized carbons (Fsp3) is 0.208. The zero-order valence-electron chi connectivity index (χ0n) is 16.8. The molecule has 0 bridgehead atoms. The van der Waals surface area contributed by atoms with E-state index < -0.39 is 0 Å². The van der Waals surface area contributed by atoms with Crippen LogP contribution in [0, 0.1) is 0 Å². The molecule has 0 saturated carbocycles. The maximum absolute atomic E-state index is 6.14. The number of ether oxygens (including phenoxy) is 3. The number of aliphatic imine (C=N–C) groups is 1. The van der Waals surface area contributed by atoms with Crippen LogP contribution in [-0.2, 0) is 4.74 Å². The van der Waals surface area contributed by atoms with Crippen LogP contribution in [0.15, 0.2) is 71.7 Å². The lowest BCUT2D eigenvalue weighted by Gasteiger charge is -2.29. The van der Waals surface area contributed by atoms with E-state index >= 15 is 0 Å². The van der Waals surface area contributed by atoms with Gasteiger partial charge in [-0.25, -0.2) is 0 Å². The van der Waals surface area contributed by atoms with Crippen molar-refractivity contribution >= 4 is 29.2 Å². The van der Waals surface area contributed by atoms with Gasteiger partial charge in [0.05, 0.1) is 31.0 Å². The van der Waals surface area contributed by atoms with Gasteiger partial charge in [-0.05, 0) is 48.5 Å². The summed E-state index contributed by atoms with van der Waals surface area (Å²) < 4.78 is 16.8. The second kappa shape index (κ2) is 9.65. The van der Waals surface area contributed by atoms with Gasteiger partial charge in [-0.2, -0.15) is 0 Å². The van der Waals surface area contributed by atoms with E-state index in [9.17, 15) is 0 Å². The number of benzene rings is 3. The van der Waals surface area contributed by atoms with Crippen molar-refractivity contribution < 1.29 is 14.2 Å². The maximum Gasteiger partial charge on any atom is 0.146 e. The van der Waals surface area contributed by atoms with Crippen molar-refractivity contribution in [1.82, 2.24) is 0 Å². The van der Waals surface area contributed by atoms with Crippen molar-refractivity contribution in [1.29, 1.82) is 0 Å². The van der Waals surface area contributed by atoms with Crippen molar-refractivity contribution in [2.24, 2.45) is 4.99 Å². The zero-order valence-corrected chi connectivity index (χ0v) is 17.5. The van der Waals surface area contributed by atoms with Crippen LogP contribution < -0.4 is 14.4 Å². The molecule has 4 rings (SSSR count). The van der Waals surface area contributed by atoms with Gasteiger partial charge in [0.2, 0.25) is 0 Å². The van der Waals surface area contributed by atoms with E-state index in [0.29, 0.717) is 16.5 Å². The van der Waals surface area contributed by atoms with Gasteiger partial charge in [0.1, 0.15) is 17.2 Å². The molecule has 6 heteroatoms. The third-order valence-electron chi connectivity index (χ3n) is 4.85. The summed E-state index contributed by atoms with van der Waals surface area (Å²) in [7, 11) is 1.68. The SMILES string of the molecule is COc1cc(N2CCOCC2)ccc1C=Nc1ccc(Oc2ccccc2Cl)cc1. The molecule has 154 valence electrons. The smallest absolute Gasteiger partial charge is 0.146 e. The summed E-state index contributed by atoms with van der Waals surface area (Å²) in [4.78, 5) is 6.87.